The number of aliphatic hydroxyl groups excluding tert-OH is 2. The van der Waals surface area contributed by atoms with Crippen molar-refractivity contribution >= 4 is 50.2 Å². The highest BCUT2D eigenvalue weighted by Crippen LogP contribution is 2.50. The maximum atomic E-state index is 15.1. The highest BCUT2D eigenvalue weighted by Gasteiger charge is 2.51. The number of hydrogen-bond acceptors (Lipinski definition) is 17. The van der Waals surface area contributed by atoms with E-state index in [9.17, 15) is 29.0 Å². The zero-order valence-corrected chi connectivity index (χ0v) is 24.3. The molecule has 10 atom stereocenters. The average molecular weight is 678 g/mol. The number of aromatic nitrogens is 8. The molecule has 9 N–H and O–H groups in total. The maximum absolute atomic E-state index is 15.1. The fourth-order valence-electron chi connectivity index (χ4n) is 4.95. The van der Waals surface area contributed by atoms with Crippen LogP contribution in [-0.4, -0.2) is 109 Å². The van der Waals surface area contributed by atoms with Crippen molar-refractivity contribution in [1.29, 1.82) is 0 Å². The molecule has 0 saturated carbocycles. The van der Waals surface area contributed by atoms with Gasteiger partial charge in [0.25, 0.3) is 5.56 Å². The van der Waals surface area contributed by atoms with Crippen LogP contribution in [0.1, 0.15) is 12.5 Å². The molecule has 2 aliphatic heterocycles. The van der Waals surface area contributed by atoms with E-state index in [1.165, 1.54) is 6.33 Å². The highest BCUT2D eigenvalue weighted by molar-refractivity contribution is 7.47. The third-order valence-corrected chi connectivity index (χ3v) is 8.42. The number of hydrogen-bond donors (Lipinski definition) is 7. The minimum absolute atomic E-state index is 0.0246. The summed E-state index contributed by atoms with van der Waals surface area (Å²) in [5.74, 6) is -0.281. The first-order valence-electron chi connectivity index (χ1n) is 12.8. The van der Waals surface area contributed by atoms with Gasteiger partial charge in [0.05, 0.1) is 25.9 Å². The zero-order chi connectivity index (χ0) is 32.2. The van der Waals surface area contributed by atoms with Gasteiger partial charge in [0.15, 0.2) is 41.3 Å². The Balaban J connectivity index is 1.20. The van der Waals surface area contributed by atoms with Crippen LogP contribution in [0.3, 0.4) is 0 Å². The van der Waals surface area contributed by atoms with Crippen molar-refractivity contribution in [1.82, 2.24) is 39.0 Å². The lowest BCUT2D eigenvalue weighted by Gasteiger charge is -2.24. The number of fused-ring (bicyclic) bond motifs is 2. The van der Waals surface area contributed by atoms with Crippen molar-refractivity contribution in [3.8, 4) is 0 Å². The fourth-order valence-corrected chi connectivity index (χ4v) is 6.19. The summed E-state index contributed by atoms with van der Waals surface area (Å²) in [6.07, 6.45) is -9.99. The van der Waals surface area contributed by atoms with Gasteiger partial charge in [-0.2, -0.15) is 4.98 Å². The molecule has 6 rings (SSSR count). The number of imidazole rings is 2. The van der Waals surface area contributed by atoms with E-state index in [0.29, 0.717) is 0 Å². The van der Waals surface area contributed by atoms with Crippen LogP contribution in [-0.2, 0) is 32.2 Å². The van der Waals surface area contributed by atoms with Crippen LogP contribution in [0.15, 0.2) is 23.8 Å². The number of phosphoric acid groups is 1. The van der Waals surface area contributed by atoms with Gasteiger partial charge in [0.2, 0.25) is 5.95 Å². The normalized spacial score (nSPS) is 30.7. The monoisotopic (exact) mass is 678 g/mol. The largest absolute Gasteiger partial charge is 0.472 e. The first-order valence-corrected chi connectivity index (χ1v) is 15.6. The minimum atomic E-state index is -5.19. The number of nitrogens with one attached hydrogen (secondary N) is 1. The van der Waals surface area contributed by atoms with Gasteiger partial charge in [-0.25, -0.2) is 28.9 Å². The van der Waals surface area contributed by atoms with E-state index in [0.717, 1.165) is 21.8 Å². The molecule has 4 aromatic heterocycles. The molecule has 0 radical (unpaired) electrons. The van der Waals surface area contributed by atoms with Crippen molar-refractivity contribution in [2.45, 2.75) is 49.1 Å². The smallest absolute Gasteiger partial charge is 0.387 e. The number of rotatable bonds is 10. The first kappa shape index (κ1) is 31.5. The molecule has 0 bridgehead atoms. The number of phosphoric ester groups is 1. The van der Waals surface area contributed by atoms with Crippen LogP contribution in [0.2, 0.25) is 0 Å². The van der Waals surface area contributed by atoms with Gasteiger partial charge in [-0.15, -0.1) is 0 Å². The lowest BCUT2D eigenvalue weighted by Crippen LogP contribution is -2.36. The molecule has 45 heavy (non-hydrogen) atoms. The van der Waals surface area contributed by atoms with Crippen LogP contribution in [0.4, 0.5) is 16.2 Å². The summed E-state index contributed by atoms with van der Waals surface area (Å²) in [6.45, 7) is -1.52. The van der Waals surface area contributed by atoms with E-state index in [4.69, 9.17) is 34.9 Å². The molecule has 6 unspecified atom stereocenters. The molecule has 2 fully saturated rings. The number of nitrogens with zero attached hydrogens (tertiary/aromatic N) is 7. The highest BCUT2D eigenvalue weighted by atomic mass is 31.2. The second-order valence-corrected chi connectivity index (χ2v) is 12.1. The van der Waals surface area contributed by atoms with Gasteiger partial charge in [0.1, 0.15) is 42.4 Å². The standard InChI is InChI=1S/C20H25FN10O12P2/c21-8-11(32)7(41-18(8)30-4-26-9-14(22)24-3-25-15(9)30)2-40-45(37,38)43-13-12(33)6(1-39-44(35)36)42-19(13)31-5-27-10-16(31)28-20(23)29-17(10)34/h3-8,11-13,18-19,32-33,44H,1-2H2,(H,35,36)(H,37,38)(H2,22,24,25)(H3,23,28,29,34)/t6-,7-,8?,11?,12?,13?,18-,19-/m1/s1. The number of H-pyrrole nitrogens is 1. The Labute approximate surface area is 249 Å². The van der Waals surface area contributed by atoms with E-state index >= 15 is 4.39 Å². The predicted octanol–water partition coefficient (Wildman–Crippen LogP) is -2.12. The van der Waals surface area contributed by atoms with E-state index < -0.39 is 84.0 Å². The summed E-state index contributed by atoms with van der Waals surface area (Å²) >= 11 is 0. The molecule has 6 heterocycles. The Morgan fingerprint density at radius 1 is 1.02 bits per heavy atom. The van der Waals surface area contributed by atoms with Gasteiger partial charge in [-0.1, -0.05) is 0 Å². The Kier molecular flexibility index (Phi) is 8.43. The number of anilines is 2. The molecule has 0 spiro atoms. The van der Waals surface area contributed by atoms with Gasteiger partial charge < -0.3 is 45.5 Å². The van der Waals surface area contributed by atoms with Gasteiger partial charge in [-0.05, 0) is 0 Å². The lowest BCUT2D eigenvalue weighted by atomic mass is 10.1. The van der Waals surface area contributed by atoms with Gasteiger partial charge in [-0.3, -0.25) is 32.5 Å². The third kappa shape index (κ3) is 5.95. The zero-order valence-electron chi connectivity index (χ0n) is 22.4. The van der Waals surface area contributed by atoms with Crippen molar-refractivity contribution in [3.05, 3.63) is 29.3 Å². The molecule has 2 saturated heterocycles. The van der Waals surface area contributed by atoms with Crippen molar-refractivity contribution in [2.75, 3.05) is 24.7 Å². The summed E-state index contributed by atoms with van der Waals surface area (Å²) in [7, 11) is -8.65. The van der Waals surface area contributed by atoms with Crippen molar-refractivity contribution < 1.29 is 56.6 Å². The summed E-state index contributed by atoms with van der Waals surface area (Å²) < 4.78 is 67.7. The minimum Gasteiger partial charge on any atom is -0.387 e. The van der Waals surface area contributed by atoms with Crippen molar-refractivity contribution in [2.24, 2.45) is 0 Å². The Bertz CT molecular complexity index is 1860. The summed E-state index contributed by atoms with van der Waals surface area (Å²) in [6, 6.07) is 0. The molecule has 22 nitrogen and oxygen atoms in total. The number of aliphatic hydroxyl groups is 2. The van der Waals surface area contributed by atoms with E-state index in [1.54, 1.807) is 0 Å². The van der Waals surface area contributed by atoms with Crippen LogP contribution >= 0.6 is 16.1 Å². The van der Waals surface area contributed by atoms with E-state index in [-0.39, 0.29) is 34.1 Å². The number of alkyl halides is 1. The van der Waals surface area contributed by atoms with E-state index in [1.807, 2.05) is 0 Å². The summed E-state index contributed by atoms with van der Waals surface area (Å²) in [5.41, 5.74) is 10.6. The Hall–Kier alpha value is -3.47. The molecule has 2 aliphatic rings. The quantitative estimate of drug-likeness (QED) is 0.0881. The Morgan fingerprint density at radius 2 is 1.69 bits per heavy atom. The van der Waals surface area contributed by atoms with Gasteiger partial charge >= 0.3 is 16.1 Å². The predicted molar refractivity (Wildman–Crippen MR) is 145 cm³/mol. The molecule has 25 heteroatoms. The number of nitrogen functional groups attached to an aromatic ring is 2. The molecule has 0 aromatic carbocycles. The van der Waals surface area contributed by atoms with Crippen LogP contribution in [0.25, 0.3) is 22.3 Å². The topological polar surface area (TPSA) is 320 Å². The van der Waals surface area contributed by atoms with E-state index in [2.05, 4.69) is 34.4 Å². The number of halogens is 1. The molecular formula is C20H25FN10O12P2. The third-order valence-electron chi connectivity index (χ3n) is 7.02. The number of ether oxygens (including phenoxy) is 2. The molecular weight excluding hydrogens is 653 g/mol. The maximum Gasteiger partial charge on any atom is 0.472 e. The average Bonchev–Trinajstić information content (AvgIpc) is 3.73. The lowest BCUT2D eigenvalue weighted by molar-refractivity contribution is -0.0591. The molecule has 244 valence electrons. The second kappa shape index (κ2) is 12.0. The van der Waals surface area contributed by atoms with Crippen LogP contribution < -0.4 is 17.0 Å². The number of aromatic amines is 1. The van der Waals surface area contributed by atoms with Crippen LogP contribution in [0.5, 0.6) is 0 Å². The Morgan fingerprint density at radius 3 is 2.42 bits per heavy atom. The fraction of sp³-hybridized carbons (Fsp3) is 0.500. The summed E-state index contributed by atoms with van der Waals surface area (Å²) in [4.78, 5) is 53.8. The number of nitrogens with two attached hydrogens (primary N) is 2. The molecule has 4 aromatic rings. The van der Waals surface area contributed by atoms with Crippen molar-refractivity contribution in [3.63, 3.8) is 0 Å². The summed E-state index contributed by atoms with van der Waals surface area (Å²) in [5, 5.41) is 21.4. The second-order valence-electron chi connectivity index (χ2n) is 9.83. The first-order chi connectivity index (χ1) is 21.3. The van der Waals surface area contributed by atoms with Gasteiger partial charge in [0, 0.05) is 0 Å². The van der Waals surface area contributed by atoms with Crippen LogP contribution in [0, 0.1) is 0 Å². The SMILES string of the molecule is Nc1nc2c(ncn2[C@@H]2O[C@H](CO[PH](=O)O)C(O)C2OP(=O)(O)OC[C@H]2O[C@@H](n3cnc4c(N)ncnc43)C(F)C2O)c(=O)[nH]1. The molecule has 0 amide bonds. The molecule has 0 aliphatic carbocycles.